The lowest BCUT2D eigenvalue weighted by Gasteiger charge is -2.42. The molecule has 0 bridgehead atoms. The number of likely N-dealkylation sites (tertiary alicyclic amines) is 1. The third-order valence-electron chi connectivity index (χ3n) is 4.89. The van der Waals surface area contributed by atoms with Gasteiger partial charge in [-0.1, -0.05) is 6.92 Å². The molecule has 2 atom stereocenters. The van der Waals surface area contributed by atoms with E-state index in [1.54, 1.807) is 0 Å². The summed E-state index contributed by atoms with van der Waals surface area (Å²) in [5.41, 5.74) is 5.26. The van der Waals surface area contributed by atoms with Crippen LogP contribution in [-0.4, -0.2) is 67.6 Å². The number of carbonyl (C=O) groups is 1. The number of piperidine rings is 1. The van der Waals surface area contributed by atoms with Gasteiger partial charge in [0, 0.05) is 19.1 Å². The van der Waals surface area contributed by atoms with Gasteiger partial charge in [0.05, 0.1) is 0 Å². The predicted octanol–water partition coefficient (Wildman–Crippen LogP) is 0.256. The highest BCUT2D eigenvalue weighted by Crippen LogP contribution is 2.40. The number of hydrogen-bond acceptors (Lipinski definition) is 4. The van der Waals surface area contributed by atoms with Gasteiger partial charge in [0.15, 0.2) is 0 Å². The summed E-state index contributed by atoms with van der Waals surface area (Å²) in [5, 5.41) is 3.42. The number of primary amides is 1. The monoisotopic (exact) mass is 282 g/mol. The van der Waals surface area contributed by atoms with Gasteiger partial charge in [-0.25, -0.2) is 0 Å². The number of amides is 1. The second-order valence-electron chi connectivity index (χ2n) is 6.63. The smallest absolute Gasteiger partial charge is 0.239 e. The maximum absolute atomic E-state index is 12.1. The van der Waals surface area contributed by atoms with Gasteiger partial charge in [0.1, 0.15) is 5.54 Å². The van der Waals surface area contributed by atoms with Crippen LogP contribution in [0, 0.1) is 5.92 Å². The topological polar surface area (TPSA) is 61.6 Å². The Morgan fingerprint density at radius 2 is 2.10 bits per heavy atom. The molecule has 0 aromatic heterocycles. The molecule has 0 aromatic rings. The van der Waals surface area contributed by atoms with Crippen LogP contribution in [0.3, 0.4) is 0 Å². The lowest BCUT2D eigenvalue weighted by Crippen LogP contribution is -2.64. The average molecular weight is 282 g/mol. The zero-order chi connectivity index (χ0) is 14.8. The van der Waals surface area contributed by atoms with E-state index < -0.39 is 5.54 Å². The number of nitrogens with zero attached hydrogens (tertiary/aromatic N) is 2. The van der Waals surface area contributed by atoms with Gasteiger partial charge >= 0.3 is 0 Å². The van der Waals surface area contributed by atoms with Crippen LogP contribution < -0.4 is 11.1 Å². The number of rotatable bonds is 7. The van der Waals surface area contributed by atoms with Crippen molar-refractivity contribution >= 4 is 5.91 Å². The van der Waals surface area contributed by atoms with Crippen molar-refractivity contribution in [1.82, 2.24) is 15.1 Å². The summed E-state index contributed by atoms with van der Waals surface area (Å²) in [6.07, 6.45) is 4.70. The minimum Gasteiger partial charge on any atom is -0.368 e. The van der Waals surface area contributed by atoms with Gasteiger partial charge in [-0.15, -0.1) is 0 Å². The quantitative estimate of drug-likeness (QED) is 0.703. The largest absolute Gasteiger partial charge is 0.368 e. The van der Waals surface area contributed by atoms with Crippen LogP contribution in [0.2, 0.25) is 0 Å². The minimum absolute atomic E-state index is 0.172. The van der Waals surface area contributed by atoms with Gasteiger partial charge in [-0.05, 0) is 58.8 Å². The molecule has 5 nitrogen and oxygen atoms in total. The fraction of sp³-hybridized carbons (Fsp3) is 0.933. The van der Waals surface area contributed by atoms with Crippen molar-refractivity contribution in [3.63, 3.8) is 0 Å². The van der Waals surface area contributed by atoms with Crippen LogP contribution in [-0.2, 0) is 4.79 Å². The fourth-order valence-electron chi connectivity index (χ4n) is 3.54. The molecule has 1 aliphatic heterocycles. The molecule has 1 saturated carbocycles. The van der Waals surface area contributed by atoms with Gasteiger partial charge in [-0.2, -0.15) is 0 Å². The van der Waals surface area contributed by atoms with E-state index in [0.29, 0.717) is 12.0 Å². The minimum atomic E-state index is -0.511. The van der Waals surface area contributed by atoms with Gasteiger partial charge < -0.3 is 16.0 Å². The first kappa shape index (κ1) is 15.7. The summed E-state index contributed by atoms with van der Waals surface area (Å²) in [6, 6.07) is 0.593. The summed E-state index contributed by atoms with van der Waals surface area (Å²) in [5.74, 6) is 0.258. The Hall–Kier alpha value is -0.650. The Morgan fingerprint density at radius 1 is 1.40 bits per heavy atom. The first-order valence-corrected chi connectivity index (χ1v) is 7.93. The summed E-state index contributed by atoms with van der Waals surface area (Å²) in [7, 11) is 4.28. The highest BCUT2D eigenvalue weighted by Gasteiger charge is 2.50. The molecule has 0 spiro atoms. The molecule has 1 aliphatic carbocycles. The van der Waals surface area contributed by atoms with E-state index in [0.717, 1.165) is 39.0 Å². The fourth-order valence-corrected chi connectivity index (χ4v) is 3.54. The third-order valence-corrected chi connectivity index (χ3v) is 4.89. The van der Waals surface area contributed by atoms with Crippen molar-refractivity contribution in [3.8, 4) is 0 Å². The van der Waals surface area contributed by atoms with Crippen LogP contribution in [0.15, 0.2) is 0 Å². The Kier molecular flexibility index (Phi) is 5.04. The molecule has 0 aromatic carbocycles. The van der Waals surface area contributed by atoms with Crippen molar-refractivity contribution in [2.75, 3.05) is 40.3 Å². The summed E-state index contributed by atoms with van der Waals surface area (Å²) in [6.45, 7) is 5.74. The van der Waals surface area contributed by atoms with E-state index in [1.165, 1.54) is 12.8 Å². The van der Waals surface area contributed by atoms with E-state index in [1.807, 2.05) is 0 Å². The lowest BCUT2D eigenvalue weighted by atomic mass is 9.90. The lowest BCUT2D eigenvalue weighted by molar-refractivity contribution is -0.126. The highest BCUT2D eigenvalue weighted by molar-refractivity contribution is 5.86. The number of hydrogen-bond donors (Lipinski definition) is 2. The van der Waals surface area contributed by atoms with Crippen LogP contribution in [0.1, 0.15) is 32.6 Å². The van der Waals surface area contributed by atoms with Crippen molar-refractivity contribution < 1.29 is 4.79 Å². The zero-order valence-corrected chi connectivity index (χ0v) is 13.2. The molecule has 20 heavy (non-hydrogen) atoms. The highest BCUT2D eigenvalue weighted by atomic mass is 16.1. The van der Waals surface area contributed by atoms with E-state index >= 15 is 0 Å². The van der Waals surface area contributed by atoms with E-state index in [2.05, 4.69) is 36.1 Å². The van der Waals surface area contributed by atoms with E-state index in [-0.39, 0.29) is 5.91 Å². The molecule has 1 saturated heterocycles. The molecule has 1 amide bonds. The van der Waals surface area contributed by atoms with Crippen LogP contribution >= 0.6 is 0 Å². The van der Waals surface area contributed by atoms with Crippen LogP contribution in [0.4, 0.5) is 0 Å². The number of nitrogens with one attached hydrogen (secondary N) is 1. The number of carbonyl (C=O) groups excluding carboxylic acids is 1. The SMILES string of the molecule is CCNC(CN1CCCC(N(C)C)C1)(C(N)=O)C1CC1. The van der Waals surface area contributed by atoms with E-state index in [9.17, 15) is 4.79 Å². The average Bonchev–Trinajstić information content (AvgIpc) is 3.22. The van der Waals surface area contributed by atoms with E-state index in [4.69, 9.17) is 5.73 Å². The first-order valence-electron chi connectivity index (χ1n) is 7.93. The van der Waals surface area contributed by atoms with Crippen molar-refractivity contribution in [3.05, 3.63) is 0 Å². The van der Waals surface area contributed by atoms with Crippen LogP contribution in [0.25, 0.3) is 0 Å². The van der Waals surface area contributed by atoms with Crippen molar-refractivity contribution in [2.45, 2.75) is 44.2 Å². The van der Waals surface area contributed by atoms with Gasteiger partial charge in [0.25, 0.3) is 0 Å². The standard InChI is InChI=1S/C15H30N4O/c1-4-17-15(14(16)20,12-7-8-12)11-19-9-5-6-13(10-19)18(2)3/h12-13,17H,4-11H2,1-3H3,(H2,16,20). The third kappa shape index (κ3) is 3.32. The number of nitrogens with two attached hydrogens (primary N) is 1. The summed E-state index contributed by atoms with van der Waals surface area (Å²) >= 11 is 0. The Bertz CT molecular complexity index is 343. The summed E-state index contributed by atoms with van der Waals surface area (Å²) in [4.78, 5) is 16.8. The molecule has 116 valence electrons. The van der Waals surface area contributed by atoms with Gasteiger partial charge in [0.2, 0.25) is 5.91 Å². The molecule has 3 N–H and O–H groups in total. The molecule has 2 aliphatic rings. The molecule has 2 rings (SSSR count). The molecular weight excluding hydrogens is 252 g/mol. The second-order valence-corrected chi connectivity index (χ2v) is 6.63. The maximum atomic E-state index is 12.1. The van der Waals surface area contributed by atoms with Gasteiger partial charge in [-0.3, -0.25) is 9.69 Å². The Balaban J connectivity index is 2.05. The van der Waals surface area contributed by atoms with Crippen molar-refractivity contribution in [2.24, 2.45) is 11.7 Å². The first-order chi connectivity index (χ1) is 9.49. The molecule has 2 fully saturated rings. The second kappa shape index (κ2) is 6.41. The molecular formula is C15H30N4O. The normalized spacial score (nSPS) is 27.5. The molecule has 5 heteroatoms. The molecule has 1 heterocycles. The molecule has 0 radical (unpaired) electrons. The molecule has 2 unspecified atom stereocenters. The van der Waals surface area contributed by atoms with Crippen molar-refractivity contribution in [1.29, 1.82) is 0 Å². The summed E-state index contributed by atoms with van der Waals surface area (Å²) < 4.78 is 0. The predicted molar refractivity (Wildman–Crippen MR) is 81.5 cm³/mol. The maximum Gasteiger partial charge on any atom is 0.239 e. The number of likely N-dealkylation sites (N-methyl/N-ethyl adjacent to an activating group) is 2. The zero-order valence-electron chi connectivity index (χ0n) is 13.2. The Labute approximate surface area is 122 Å². The van der Waals surface area contributed by atoms with Crippen LogP contribution in [0.5, 0.6) is 0 Å². The Morgan fingerprint density at radius 3 is 2.60 bits per heavy atom.